The van der Waals surface area contributed by atoms with Gasteiger partial charge in [0.05, 0.1) is 24.2 Å². The van der Waals surface area contributed by atoms with E-state index >= 15 is 0 Å². The summed E-state index contributed by atoms with van der Waals surface area (Å²) < 4.78 is 5.63. The fourth-order valence-corrected chi connectivity index (χ4v) is 3.42. The molecular formula is C27H36N6O2. The zero-order valence-corrected chi connectivity index (χ0v) is 20.4. The van der Waals surface area contributed by atoms with Crippen LogP contribution in [0, 0.1) is 0 Å². The second-order valence-electron chi connectivity index (χ2n) is 8.23. The lowest BCUT2D eigenvalue weighted by Crippen LogP contribution is -2.20. The molecule has 0 aliphatic heterocycles. The van der Waals surface area contributed by atoms with Crippen molar-refractivity contribution in [3.63, 3.8) is 0 Å². The molecule has 0 saturated heterocycles. The minimum Gasteiger partial charge on any atom is -0.394 e. The van der Waals surface area contributed by atoms with Crippen LogP contribution in [0.2, 0.25) is 0 Å². The maximum atomic E-state index is 6.03. The van der Waals surface area contributed by atoms with Crippen LogP contribution >= 0.6 is 0 Å². The van der Waals surface area contributed by atoms with Gasteiger partial charge in [0.15, 0.2) is 5.84 Å². The molecule has 0 fully saturated rings. The SMILES string of the molecule is C=C/C=C\C(N)OCc1ccc2[nH]c(CNc3ccc(C(N)=NOCCCCCC)cc3)nc2c1. The number of hydrogen-bond acceptors (Lipinski definition) is 6. The normalized spacial score (nSPS) is 12.8. The third kappa shape index (κ3) is 8.59. The molecule has 0 bridgehead atoms. The second-order valence-corrected chi connectivity index (χ2v) is 8.23. The molecule has 1 heterocycles. The van der Waals surface area contributed by atoms with Gasteiger partial charge in [0.1, 0.15) is 18.7 Å². The van der Waals surface area contributed by atoms with Crippen molar-refractivity contribution in [2.45, 2.75) is 52.0 Å². The van der Waals surface area contributed by atoms with E-state index in [1.807, 2.05) is 42.5 Å². The van der Waals surface area contributed by atoms with E-state index in [2.05, 4.69) is 33.9 Å². The highest BCUT2D eigenvalue weighted by Gasteiger charge is 2.06. The van der Waals surface area contributed by atoms with Crippen molar-refractivity contribution in [1.29, 1.82) is 0 Å². The number of aromatic amines is 1. The van der Waals surface area contributed by atoms with Crippen LogP contribution in [0.5, 0.6) is 0 Å². The first-order valence-electron chi connectivity index (χ1n) is 12.0. The third-order valence-corrected chi connectivity index (χ3v) is 5.37. The monoisotopic (exact) mass is 476 g/mol. The van der Waals surface area contributed by atoms with Gasteiger partial charge in [-0.3, -0.25) is 0 Å². The Hall–Kier alpha value is -3.62. The fraction of sp³-hybridized carbons (Fsp3) is 0.333. The van der Waals surface area contributed by atoms with Crippen molar-refractivity contribution in [2.75, 3.05) is 11.9 Å². The van der Waals surface area contributed by atoms with E-state index in [0.717, 1.165) is 46.5 Å². The Labute approximate surface area is 207 Å². The van der Waals surface area contributed by atoms with Crippen LogP contribution in [0.15, 0.2) is 72.4 Å². The number of fused-ring (bicyclic) bond motifs is 1. The van der Waals surface area contributed by atoms with Gasteiger partial charge in [-0.05, 0) is 60.9 Å². The molecule has 35 heavy (non-hydrogen) atoms. The third-order valence-electron chi connectivity index (χ3n) is 5.37. The molecule has 0 saturated carbocycles. The number of allylic oxidation sites excluding steroid dienone is 2. The zero-order valence-electron chi connectivity index (χ0n) is 20.4. The molecule has 8 heteroatoms. The van der Waals surface area contributed by atoms with Gasteiger partial charge >= 0.3 is 0 Å². The van der Waals surface area contributed by atoms with Crippen LogP contribution in [0.25, 0.3) is 11.0 Å². The minimum atomic E-state index is -0.473. The summed E-state index contributed by atoms with van der Waals surface area (Å²) in [6.07, 6.45) is 9.26. The number of H-pyrrole nitrogens is 1. The van der Waals surface area contributed by atoms with Gasteiger partial charge in [-0.25, -0.2) is 4.98 Å². The topological polar surface area (TPSA) is 124 Å². The minimum absolute atomic E-state index is 0.377. The van der Waals surface area contributed by atoms with E-state index in [9.17, 15) is 0 Å². The van der Waals surface area contributed by atoms with E-state index in [-0.39, 0.29) is 0 Å². The molecule has 186 valence electrons. The fourth-order valence-electron chi connectivity index (χ4n) is 3.42. The molecule has 2 aromatic carbocycles. The van der Waals surface area contributed by atoms with Crippen molar-refractivity contribution in [3.05, 3.63) is 84.2 Å². The highest BCUT2D eigenvalue weighted by molar-refractivity contribution is 5.97. The van der Waals surface area contributed by atoms with Gasteiger partial charge in [-0.15, -0.1) is 0 Å². The smallest absolute Gasteiger partial charge is 0.170 e. The highest BCUT2D eigenvalue weighted by Crippen LogP contribution is 2.16. The van der Waals surface area contributed by atoms with Crippen molar-refractivity contribution in [2.24, 2.45) is 16.6 Å². The Bertz CT molecular complexity index is 1120. The number of benzene rings is 2. The number of nitrogens with zero attached hydrogens (tertiary/aromatic N) is 2. The number of ether oxygens (including phenoxy) is 1. The number of hydrogen-bond donors (Lipinski definition) is 4. The van der Waals surface area contributed by atoms with Crippen LogP contribution in [0.4, 0.5) is 5.69 Å². The quantitative estimate of drug-likeness (QED) is 0.0615. The van der Waals surface area contributed by atoms with Crippen molar-refractivity contribution < 1.29 is 9.57 Å². The first-order valence-corrected chi connectivity index (χ1v) is 12.0. The summed E-state index contributed by atoms with van der Waals surface area (Å²) in [5, 5.41) is 7.39. The molecule has 3 rings (SSSR count). The Morgan fingerprint density at radius 2 is 2.03 bits per heavy atom. The van der Waals surface area contributed by atoms with Gasteiger partial charge in [0, 0.05) is 11.3 Å². The van der Waals surface area contributed by atoms with E-state index in [1.54, 1.807) is 18.2 Å². The molecular weight excluding hydrogens is 440 g/mol. The molecule has 1 unspecified atom stereocenters. The van der Waals surface area contributed by atoms with Crippen molar-refractivity contribution >= 4 is 22.6 Å². The average Bonchev–Trinajstić information content (AvgIpc) is 3.29. The Balaban J connectivity index is 1.49. The average molecular weight is 477 g/mol. The first kappa shape index (κ1) is 26.0. The summed E-state index contributed by atoms with van der Waals surface area (Å²) >= 11 is 0. The summed E-state index contributed by atoms with van der Waals surface area (Å²) in [6.45, 7) is 7.36. The Morgan fingerprint density at radius 3 is 2.80 bits per heavy atom. The number of nitrogens with two attached hydrogens (primary N) is 2. The molecule has 1 aromatic heterocycles. The maximum Gasteiger partial charge on any atom is 0.170 e. The van der Waals surface area contributed by atoms with E-state index in [0.29, 0.717) is 25.6 Å². The van der Waals surface area contributed by atoms with Gasteiger partial charge < -0.3 is 31.3 Å². The van der Waals surface area contributed by atoms with Gasteiger partial charge in [0.25, 0.3) is 0 Å². The lowest BCUT2D eigenvalue weighted by atomic mass is 10.2. The molecule has 0 radical (unpaired) electrons. The second kappa shape index (κ2) is 13.9. The maximum absolute atomic E-state index is 6.03. The standard InChI is InChI=1S/C27H36N6O2/c1-3-5-7-8-16-35-33-27(29)21-11-13-22(14-12-21)30-18-26-31-23-15-10-20(17-24(23)32-26)19-34-25(28)9-6-4-2/h4,6,9-15,17,25,30H,2-3,5,7-8,16,18-19,28H2,1H3,(H2,29,33)(H,31,32)/b9-6-. The summed E-state index contributed by atoms with van der Waals surface area (Å²) in [6, 6.07) is 13.8. The predicted molar refractivity (Wildman–Crippen MR) is 143 cm³/mol. The lowest BCUT2D eigenvalue weighted by molar-refractivity contribution is 0.0764. The van der Waals surface area contributed by atoms with Gasteiger partial charge in [-0.2, -0.15) is 0 Å². The van der Waals surface area contributed by atoms with Crippen LogP contribution in [-0.4, -0.2) is 28.6 Å². The van der Waals surface area contributed by atoms with E-state index in [1.165, 1.54) is 12.8 Å². The molecule has 8 nitrogen and oxygen atoms in total. The van der Waals surface area contributed by atoms with Crippen molar-refractivity contribution in [3.8, 4) is 0 Å². The number of amidine groups is 1. The summed E-state index contributed by atoms with van der Waals surface area (Å²) in [5.74, 6) is 1.21. The van der Waals surface area contributed by atoms with Crippen LogP contribution < -0.4 is 16.8 Å². The molecule has 0 aliphatic rings. The van der Waals surface area contributed by atoms with Crippen LogP contribution in [0.3, 0.4) is 0 Å². The van der Waals surface area contributed by atoms with Gasteiger partial charge in [-0.1, -0.05) is 49.7 Å². The number of anilines is 1. The van der Waals surface area contributed by atoms with Crippen molar-refractivity contribution in [1.82, 2.24) is 9.97 Å². The van der Waals surface area contributed by atoms with Crippen LogP contribution in [0.1, 0.15) is 49.6 Å². The largest absolute Gasteiger partial charge is 0.394 e. The molecule has 0 aliphatic carbocycles. The molecule has 0 spiro atoms. The highest BCUT2D eigenvalue weighted by atomic mass is 16.6. The molecule has 1 atom stereocenters. The van der Waals surface area contributed by atoms with Gasteiger partial charge in [0.2, 0.25) is 0 Å². The molecule has 0 amide bonds. The number of aromatic nitrogens is 2. The number of nitrogens with one attached hydrogen (secondary N) is 2. The van der Waals surface area contributed by atoms with E-state index in [4.69, 9.17) is 21.0 Å². The number of imidazole rings is 1. The predicted octanol–water partition coefficient (Wildman–Crippen LogP) is 4.94. The molecule has 3 aromatic rings. The Kier molecular flexibility index (Phi) is 10.3. The lowest BCUT2D eigenvalue weighted by Gasteiger charge is -2.08. The molecule has 6 N–H and O–H groups in total. The Morgan fingerprint density at radius 1 is 1.20 bits per heavy atom. The number of rotatable bonds is 15. The zero-order chi connectivity index (χ0) is 24.9. The number of oxime groups is 1. The summed E-state index contributed by atoms with van der Waals surface area (Å²) in [4.78, 5) is 13.3. The van der Waals surface area contributed by atoms with Crippen LogP contribution in [-0.2, 0) is 22.7 Å². The summed E-state index contributed by atoms with van der Waals surface area (Å²) in [7, 11) is 0. The summed E-state index contributed by atoms with van der Waals surface area (Å²) in [5.41, 5.74) is 16.5. The number of unbranched alkanes of at least 4 members (excludes halogenated alkanes) is 3. The van der Waals surface area contributed by atoms with E-state index < -0.39 is 6.23 Å². The first-order chi connectivity index (χ1) is 17.1.